The molecule has 3 N–H and O–H groups in total. The molecule has 0 atom stereocenters. The van der Waals surface area contributed by atoms with Gasteiger partial charge in [0.05, 0.1) is 11.1 Å². The van der Waals surface area contributed by atoms with Crippen LogP contribution >= 0.6 is 0 Å². The zero-order valence-electron chi connectivity index (χ0n) is 12.8. The molecule has 2 amide bonds. The van der Waals surface area contributed by atoms with E-state index in [0.717, 1.165) is 11.1 Å². The molecule has 0 aromatic heterocycles. The Morgan fingerprint density at radius 3 is 1.16 bits per heavy atom. The number of carboxylic acid groups (broad SMARTS) is 2. The van der Waals surface area contributed by atoms with Gasteiger partial charge in [0.15, 0.2) is 0 Å². The highest BCUT2D eigenvalue weighted by Crippen LogP contribution is 2.20. The number of hydrogen-bond acceptors (Lipinski definition) is 4. The van der Waals surface area contributed by atoms with E-state index in [2.05, 4.69) is 0 Å². The lowest BCUT2D eigenvalue weighted by molar-refractivity contribution is -0.123. The third-order valence-electron chi connectivity index (χ3n) is 3.23. The number of aromatic carboxylic acids is 2. The topological polar surface area (TPSA) is 121 Å². The largest absolute Gasteiger partial charge is 0.478 e. The van der Waals surface area contributed by atoms with Crippen molar-refractivity contribution in [2.75, 3.05) is 0 Å². The second-order valence-corrected chi connectivity index (χ2v) is 4.95. The lowest BCUT2D eigenvalue weighted by atomic mass is 10.0. The zero-order valence-corrected chi connectivity index (χ0v) is 12.8. The maximum Gasteiger partial charge on any atom is 0.335 e. The van der Waals surface area contributed by atoms with Crippen molar-refractivity contribution in [2.24, 2.45) is 0 Å². The Labute approximate surface area is 142 Å². The number of nitrogens with one attached hydrogen (secondary N) is 1. The van der Waals surface area contributed by atoms with Crippen LogP contribution < -0.4 is 5.32 Å². The summed E-state index contributed by atoms with van der Waals surface area (Å²) in [6.07, 6.45) is 2.39. The average molecular weight is 339 g/mol. The normalized spacial score (nSPS) is 12.2. The first kappa shape index (κ1) is 17.6. The summed E-state index contributed by atoms with van der Waals surface area (Å²) in [6.45, 7) is 0. The Morgan fingerprint density at radius 1 is 0.640 bits per heavy atom. The molecule has 25 heavy (non-hydrogen) atoms. The van der Waals surface area contributed by atoms with E-state index < -0.39 is 11.9 Å². The highest BCUT2D eigenvalue weighted by molar-refractivity contribution is 6.12. The van der Waals surface area contributed by atoms with E-state index >= 15 is 0 Å². The van der Waals surface area contributed by atoms with Gasteiger partial charge in [-0.05, 0) is 35.4 Å². The van der Waals surface area contributed by atoms with Crippen LogP contribution in [-0.2, 0) is 9.59 Å². The van der Waals surface area contributed by atoms with Gasteiger partial charge in [-0.25, -0.2) is 9.59 Å². The predicted molar refractivity (Wildman–Crippen MR) is 88.1 cm³/mol. The predicted octanol–water partition coefficient (Wildman–Crippen LogP) is 1.95. The molecule has 1 aliphatic heterocycles. The van der Waals surface area contributed by atoms with E-state index in [0.29, 0.717) is 0 Å². The van der Waals surface area contributed by atoms with Crippen molar-refractivity contribution < 1.29 is 29.4 Å². The Balaban J connectivity index is 0.000000269. The van der Waals surface area contributed by atoms with Crippen molar-refractivity contribution in [3.05, 3.63) is 71.8 Å². The molecule has 0 unspecified atom stereocenters. The third kappa shape index (κ3) is 4.87. The molecule has 1 aliphatic rings. The van der Waals surface area contributed by atoms with Crippen molar-refractivity contribution in [3.63, 3.8) is 0 Å². The van der Waals surface area contributed by atoms with Crippen LogP contribution in [0.2, 0.25) is 0 Å². The van der Waals surface area contributed by atoms with Gasteiger partial charge >= 0.3 is 11.9 Å². The van der Waals surface area contributed by atoms with Crippen LogP contribution in [0.4, 0.5) is 0 Å². The molecule has 7 nitrogen and oxygen atoms in total. The number of rotatable bonds is 3. The quantitative estimate of drug-likeness (QED) is 0.735. The van der Waals surface area contributed by atoms with Gasteiger partial charge in [0.25, 0.3) is 11.8 Å². The van der Waals surface area contributed by atoms with Crippen LogP contribution in [0.3, 0.4) is 0 Å². The molecule has 3 rings (SSSR count). The minimum Gasteiger partial charge on any atom is -0.478 e. The van der Waals surface area contributed by atoms with Crippen LogP contribution in [0.25, 0.3) is 11.1 Å². The minimum atomic E-state index is -0.970. The van der Waals surface area contributed by atoms with Gasteiger partial charge in [-0.15, -0.1) is 0 Å². The minimum absolute atomic E-state index is 0.223. The van der Waals surface area contributed by atoms with Crippen molar-refractivity contribution >= 4 is 23.8 Å². The van der Waals surface area contributed by atoms with Crippen molar-refractivity contribution in [1.82, 2.24) is 5.32 Å². The zero-order chi connectivity index (χ0) is 18.4. The second-order valence-electron chi connectivity index (χ2n) is 4.95. The lowest BCUT2D eigenvalue weighted by Crippen LogP contribution is -2.19. The Morgan fingerprint density at radius 2 is 0.960 bits per heavy atom. The molecule has 7 heteroatoms. The number of carbonyl (C=O) groups is 4. The van der Waals surface area contributed by atoms with Crippen molar-refractivity contribution in [1.29, 1.82) is 0 Å². The van der Waals surface area contributed by atoms with Crippen LogP contribution in [0.5, 0.6) is 0 Å². The van der Waals surface area contributed by atoms with Gasteiger partial charge < -0.3 is 10.2 Å². The highest BCUT2D eigenvalue weighted by Gasteiger charge is 2.07. The molecule has 0 radical (unpaired) electrons. The highest BCUT2D eigenvalue weighted by atomic mass is 16.4. The maximum atomic E-state index is 10.7. The number of benzene rings is 2. The van der Waals surface area contributed by atoms with Gasteiger partial charge in [-0.3, -0.25) is 14.9 Å². The first-order valence-corrected chi connectivity index (χ1v) is 7.07. The maximum absolute atomic E-state index is 10.7. The molecule has 126 valence electrons. The first-order chi connectivity index (χ1) is 11.9. The van der Waals surface area contributed by atoms with E-state index in [1.165, 1.54) is 36.4 Å². The van der Waals surface area contributed by atoms with E-state index in [-0.39, 0.29) is 22.9 Å². The number of hydrogen-bond donors (Lipinski definition) is 3. The summed E-state index contributed by atoms with van der Waals surface area (Å²) < 4.78 is 0. The number of carboxylic acids is 2. The van der Waals surface area contributed by atoms with Crippen molar-refractivity contribution in [3.8, 4) is 11.1 Å². The number of imide groups is 1. The van der Waals surface area contributed by atoms with E-state index in [9.17, 15) is 19.2 Å². The monoisotopic (exact) mass is 339 g/mol. The Bertz CT molecular complexity index is 779. The van der Waals surface area contributed by atoms with Gasteiger partial charge in [0.1, 0.15) is 0 Å². The molecule has 0 saturated carbocycles. The summed E-state index contributed by atoms with van der Waals surface area (Å²) in [4.78, 5) is 41.5. The molecule has 0 spiro atoms. The Kier molecular flexibility index (Phi) is 5.42. The summed E-state index contributed by atoms with van der Waals surface area (Å²) >= 11 is 0. The first-order valence-electron chi connectivity index (χ1n) is 7.07. The Hall–Kier alpha value is -3.74. The standard InChI is InChI=1S/C14H10O4.C4H3NO2/c15-13(16)11-5-1-9(2-6-11)10-3-7-12(8-4-10)14(17)18;6-3-1-2-4(7)5-3/h1-8H,(H,15,16)(H,17,18);1-2H,(H,5,6,7). The fourth-order valence-corrected chi connectivity index (χ4v) is 1.97. The SMILES string of the molecule is O=C(O)c1ccc(-c2ccc(C(=O)O)cc2)cc1.O=C1C=CC(=O)N1. The lowest BCUT2D eigenvalue weighted by Gasteiger charge is -2.03. The van der Waals surface area contributed by atoms with E-state index in [1.807, 2.05) is 5.32 Å². The van der Waals surface area contributed by atoms with Crippen LogP contribution in [0.15, 0.2) is 60.7 Å². The molecule has 1 heterocycles. The van der Waals surface area contributed by atoms with Crippen LogP contribution in [0.1, 0.15) is 20.7 Å². The van der Waals surface area contributed by atoms with Gasteiger partial charge in [0, 0.05) is 12.2 Å². The summed E-state index contributed by atoms with van der Waals surface area (Å²) in [6, 6.07) is 12.8. The molecule has 0 aliphatic carbocycles. The van der Waals surface area contributed by atoms with Gasteiger partial charge in [-0.2, -0.15) is 0 Å². The number of amides is 2. The molecule has 0 bridgehead atoms. The summed E-state index contributed by atoms with van der Waals surface area (Å²) in [5.41, 5.74) is 2.13. The molecule has 0 fully saturated rings. The number of carbonyl (C=O) groups excluding carboxylic acids is 2. The fourth-order valence-electron chi connectivity index (χ4n) is 1.97. The summed E-state index contributed by atoms with van der Waals surface area (Å²) in [5, 5.41) is 19.6. The third-order valence-corrected chi connectivity index (χ3v) is 3.23. The molecular weight excluding hydrogens is 326 g/mol. The molecule has 0 saturated heterocycles. The van der Waals surface area contributed by atoms with Crippen molar-refractivity contribution in [2.45, 2.75) is 0 Å². The van der Waals surface area contributed by atoms with Crippen LogP contribution in [0, 0.1) is 0 Å². The van der Waals surface area contributed by atoms with Gasteiger partial charge in [-0.1, -0.05) is 24.3 Å². The smallest absolute Gasteiger partial charge is 0.335 e. The van der Waals surface area contributed by atoms with Crippen LogP contribution in [-0.4, -0.2) is 34.0 Å². The molecule has 2 aromatic rings. The summed E-state index contributed by atoms with van der Waals surface area (Å²) in [5.74, 6) is -2.60. The van der Waals surface area contributed by atoms with E-state index in [1.54, 1.807) is 24.3 Å². The van der Waals surface area contributed by atoms with Gasteiger partial charge in [0.2, 0.25) is 0 Å². The summed E-state index contributed by atoms with van der Waals surface area (Å²) in [7, 11) is 0. The second kappa shape index (κ2) is 7.69. The fraction of sp³-hybridized carbons (Fsp3) is 0. The molecular formula is C18H13NO6. The average Bonchev–Trinajstić information content (AvgIpc) is 2.98. The van der Waals surface area contributed by atoms with E-state index in [4.69, 9.17) is 10.2 Å². The molecule has 2 aromatic carbocycles.